The summed E-state index contributed by atoms with van der Waals surface area (Å²) < 4.78 is 0. The summed E-state index contributed by atoms with van der Waals surface area (Å²) in [5.74, 6) is 0.0359. The first-order valence-electron chi connectivity index (χ1n) is 5.02. The monoisotopic (exact) mass is 224 g/mol. The lowest BCUT2D eigenvalue weighted by Gasteiger charge is -2.23. The van der Waals surface area contributed by atoms with Gasteiger partial charge in [-0.2, -0.15) is 0 Å². The van der Waals surface area contributed by atoms with E-state index in [2.05, 4.69) is 10.1 Å². The molecule has 0 amide bonds. The van der Waals surface area contributed by atoms with E-state index in [1.807, 2.05) is 11.8 Å². The van der Waals surface area contributed by atoms with Crippen LogP contribution in [0.15, 0.2) is 23.6 Å². The SMILES string of the molecule is CCN(CCO)c1cnccc1/C(N)=N/O. The summed E-state index contributed by atoms with van der Waals surface area (Å²) in [7, 11) is 0. The van der Waals surface area contributed by atoms with Gasteiger partial charge in [-0.1, -0.05) is 5.16 Å². The molecule has 16 heavy (non-hydrogen) atoms. The van der Waals surface area contributed by atoms with Crippen LogP contribution in [0.4, 0.5) is 5.69 Å². The number of hydrogen-bond donors (Lipinski definition) is 3. The quantitative estimate of drug-likeness (QED) is 0.283. The molecule has 88 valence electrons. The molecular formula is C10H16N4O2. The molecule has 0 aliphatic rings. The van der Waals surface area contributed by atoms with Gasteiger partial charge in [0, 0.05) is 24.8 Å². The van der Waals surface area contributed by atoms with Crippen LogP contribution in [0.5, 0.6) is 0 Å². The highest BCUT2D eigenvalue weighted by Crippen LogP contribution is 2.18. The average Bonchev–Trinajstić information content (AvgIpc) is 2.35. The molecule has 6 nitrogen and oxygen atoms in total. The molecule has 0 spiro atoms. The molecule has 0 saturated heterocycles. The van der Waals surface area contributed by atoms with Gasteiger partial charge >= 0.3 is 0 Å². The third kappa shape index (κ3) is 2.60. The standard InChI is InChI=1S/C10H16N4O2/c1-2-14(5-6-15)9-7-12-4-3-8(9)10(11)13-16/h3-4,7,15-16H,2,5-6H2,1H3,(H2,11,13). The van der Waals surface area contributed by atoms with Crippen molar-refractivity contribution >= 4 is 11.5 Å². The number of hydrogen-bond acceptors (Lipinski definition) is 5. The molecule has 0 unspecified atom stereocenters. The summed E-state index contributed by atoms with van der Waals surface area (Å²) in [5, 5.41) is 20.6. The van der Waals surface area contributed by atoms with E-state index in [9.17, 15) is 0 Å². The average molecular weight is 224 g/mol. The van der Waals surface area contributed by atoms with Crippen LogP contribution in [0.1, 0.15) is 12.5 Å². The van der Waals surface area contributed by atoms with Crippen LogP contribution in [-0.4, -0.2) is 40.8 Å². The van der Waals surface area contributed by atoms with Gasteiger partial charge in [0.15, 0.2) is 5.84 Å². The van der Waals surface area contributed by atoms with E-state index < -0.39 is 0 Å². The maximum absolute atomic E-state index is 8.94. The van der Waals surface area contributed by atoms with E-state index >= 15 is 0 Å². The summed E-state index contributed by atoms with van der Waals surface area (Å²) in [5.41, 5.74) is 6.92. The summed E-state index contributed by atoms with van der Waals surface area (Å²) in [6, 6.07) is 1.67. The Morgan fingerprint density at radius 2 is 2.38 bits per heavy atom. The number of amidine groups is 1. The Balaban J connectivity index is 3.10. The van der Waals surface area contributed by atoms with Crippen molar-refractivity contribution in [2.24, 2.45) is 10.9 Å². The molecule has 0 aliphatic carbocycles. The van der Waals surface area contributed by atoms with Gasteiger partial charge in [0.1, 0.15) is 0 Å². The highest BCUT2D eigenvalue weighted by Gasteiger charge is 2.12. The van der Waals surface area contributed by atoms with Crippen LogP contribution < -0.4 is 10.6 Å². The number of rotatable bonds is 5. The molecule has 1 heterocycles. The Hall–Kier alpha value is -1.82. The van der Waals surface area contributed by atoms with Gasteiger partial charge in [0.05, 0.1) is 18.5 Å². The predicted octanol–water partition coefficient (Wildman–Crippen LogP) is -0.00530. The molecule has 0 atom stereocenters. The summed E-state index contributed by atoms with van der Waals surface area (Å²) in [6.45, 7) is 3.18. The minimum absolute atomic E-state index is 0.0359. The molecule has 0 aliphatic heterocycles. The van der Waals surface area contributed by atoms with Crippen LogP contribution in [0.2, 0.25) is 0 Å². The zero-order chi connectivity index (χ0) is 12.0. The molecule has 4 N–H and O–H groups in total. The summed E-state index contributed by atoms with van der Waals surface area (Å²) in [4.78, 5) is 5.90. The van der Waals surface area contributed by atoms with Crippen molar-refractivity contribution in [1.82, 2.24) is 4.98 Å². The molecular weight excluding hydrogens is 208 g/mol. The lowest BCUT2D eigenvalue weighted by atomic mass is 10.2. The zero-order valence-corrected chi connectivity index (χ0v) is 9.17. The molecule has 0 saturated carbocycles. The topological polar surface area (TPSA) is 95.0 Å². The smallest absolute Gasteiger partial charge is 0.172 e. The normalized spacial score (nSPS) is 11.5. The Morgan fingerprint density at radius 3 is 2.94 bits per heavy atom. The number of aliphatic hydroxyl groups is 1. The van der Waals surface area contributed by atoms with Gasteiger partial charge < -0.3 is 20.9 Å². The molecule has 0 aromatic carbocycles. The van der Waals surface area contributed by atoms with Crippen molar-refractivity contribution in [2.75, 3.05) is 24.6 Å². The van der Waals surface area contributed by atoms with E-state index in [0.717, 1.165) is 5.69 Å². The van der Waals surface area contributed by atoms with Gasteiger partial charge in [-0.05, 0) is 13.0 Å². The molecule has 6 heteroatoms. The van der Waals surface area contributed by atoms with Crippen LogP contribution in [0.25, 0.3) is 0 Å². The highest BCUT2D eigenvalue weighted by molar-refractivity contribution is 6.01. The maximum Gasteiger partial charge on any atom is 0.172 e. The minimum Gasteiger partial charge on any atom is -0.409 e. The van der Waals surface area contributed by atoms with E-state index in [0.29, 0.717) is 18.7 Å². The van der Waals surface area contributed by atoms with E-state index in [1.165, 1.54) is 0 Å². The van der Waals surface area contributed by atoms with Crippen molar-refractivity contribution in [1.29, 1.82) is 0 Å². The number of nitrogens with two attached hydrogens (primary N) is 1. The Kier molecular flexibility index (Phi) is 4.53. The Morgan fingerprint density at radius 1 is 1.62 bits per heavy atom. The van der Waals surface area contributed by atoms with Crippen LogP contribution in [0.3, 0.4) is 0 Å². The number of aliphatic hydroxyl groups excluding tert-OH is 1. The number of likely N-dealkylation sites (N-methyl/N-ethyl adjacent to an activating group) is 1. The van der Waals surface area contributed by atoms with Gasteiger partial charge in [0.25, 0.3) is 0 Å². The third-order valence-corrected chi connectivity index (χ3v) is 2.28. The van der Waals surface area contributed by atoms with E-state index in [1.54, 1.807) is 18.5 Å². The fraction of sp³-hybridized carbons (Fsp3) is 0.400. The second-order valence-corrected chi connectivity index (χ2v) is 3.18. The van der Waals surface area contributed by atoms with Crippen molar-refractivity contribution in [3.05, 3.63) is 24.0 Å². The number of oxime groups is 1. The lowest BCUT2D eigenvalue weighted by Crippen LogP contribution is -2.29. The van der Waals surface area contributed by atoms with E-state index in [-0.39, 0.29) is 12.4 Å². The van der Waals surface area contributed by atoms with Gasteiger partial charge in [-0.25, -0.2) is 0 Å². The molecule has 0 fully saturated rings. The lowest BCUT2D eigenvalue weighted by molar-refractivity contribution is 0.302. The second kappa shape index (κ2) is 5.92. The van der Waals surface area contributed by atoms with E-state index in [4.69, 9.17) is 16.0 Å². The van der Waals surface area contributed by atoms with Gasteiger partial charge in [0.2, 0.25) is 0 Å². The Bertz CT molecular complexity index is 368. The first-order chi connectivity index (χ1) is 7.74. The highest BCUT2D eigenvalue weighted by atomic mass is 16.4. The Labute approximate surface area is 94.0 Å². The van der Waals surface area contributed by atoms with Crippen molar-refractivity contribution in [3.8, 4) is 0 Å². The first-order valence-corrected chi connectivity index (χ1v) is 5.02. The summed E-state index contributed by atoms with van der Waals surface area (Å²) >= 11 is 0. The maximum atomic E-state index is 8.94. The molecule has 1 aromatic rings. The zero-order valence-electron chi connectivity index (χ0n) is 9.17. The van der Waals surface area contributed by atoms with Gasteiger partial charge in [-0.3, -0.25) is 4.98 Å². The predicted molar refractivity (Wildman–Crippen MR) is 61.7 cm³/mol. The van der Waals surface area contributed by atoms with Gasteiger partial charge in [-0.15, -0.1) is 0 Å². The molecule has 1 aromatic heterocycles. The van der Waals surface area contributed by atoms with Crippen molar-refractivity contribution in [3.63, 3.8) is 0 Å². The van der Waals surface area contributed by atoms with Crippen molar-refractivity contribution < 1.29 is 10.3 Å². The van der Waals surface area contributed by atoms with Crippen LogP contribution >= 0.6 is 0 Å². The number of pyridine rings is 1. The van der Waals surface area contributed by atoms with Crippen LogP contribution in [0, 0.1) is 0 Å². The fourth-order valence-electron chi connectivity index (χ4n) is 1.48. The second-order valence-electron chi connectivity index (χ2n) is 3.18. The minimum atomic E-state index is 0.0359. The molecule has 0 bridgehead atoms. The molecule has 0 radical (unpaired) electrons. The third-order valence-electron chi connectivity index (χ3n) is 2.28. The van der Waals surface area contributed by atoms with Crippen molar-refractivity contribution in [2.45, 2.75) is 6.92 Å². The number of nitrogens with zero attached hydrogens (tertiary/aromatic N) is 3. The van der Waals surface area contributed by atoms with Crippen LogP contribution in [-0.2, 0) is 0 Å². The summed E-state index contributed by atoms with van der Waals surface area (Å²) in [6.07, 6.45) is 3.20. The largest absolute Gasteiger partial charge is 0.409 e. The first kappa shape index (κ1) is 12.3. The number of aromatic nitrogens is 1. The number of anilines is 1. The fourth-order valence-corrected chi connectivity index (χ4v) is 1.48. The molecule has 1 rings (SSSR count).